The van der Waals surface area contributed by atoms with Gasteiger partial charge in [-0.25, -0.2) is 14.6 Å². The Bertz CT molecular complexity index is 918. The van der Waals surface area contributed by atoms with Gasteiger partial charge in [0.2, 0.25) is 11.8 Å². The Labute approximate surface area is 164 Å². The average Bonchev–Trinajstić information content (AvgIpc) is 3.04. The predicted molar refractivity (Wildman–Crippen MR) is 104 cm³/mol. The molecule has 0 atom stereocenters. The fraction of sp³-hybridized carbons (Fsp3) is 0.294. The normalized spacial score (nSPS) is 15.3. The molecule has 0 aliphatic carbocycles. The zero-order valence-corrected chi connectivity index (χ0v) is 16.4. The standard InChI is InChI=1S/C17H17BrN6OS/c18-14-4-2-13(3-5-14)15-21-24(17(26)25-15)12-22-8-10-23(11-9-22)16-19-6-1-7-20-16/h1-7H,8-12H2. The molecule has 0 radical (unpaired) electrons. The molecule has 1 aromatic carbocycles. The van der Waals surface area contributed by atoms with Gasteiger partial charge < -0.3 is 9.32 Å². The number of nitrogens with zero attached hydrogens (tertiary/aromatic N) is 6. The molecule has 0 bridgehead atoms. The minimum Gasteiger partial charge on any atom is -0.409 e. The molecule has 0 amide bonds. The van der Waals surface area contributed by atoms with Gasteiger partial charge in [-0.1, -0.05) is 15.9 Å². The Kier molecular flexibility index (Phi) is 5.09. The summed E-state index contributed by atoms with van der Waals surface area (Å²) in [4.78, 5) is 13.5. The second kappa shape index (κ2) is 7.65. The van der Waals surface area contributed by atoms with Crippen molar-refractivity contribution in [3.05, 3.63) is 52.0 Å². The molecule has 134 valence electrons. The van der Waals surface area contributed by atoms with Gasteiger partial charge >= 0.3 is 0 Å². The number of piperazine rings is 1. The molecule has 0 saturated carbocycles. The van der Waals surface area contributed by atoms with E-state index in [-0.39, 0.29) is 0 Å². The topological polar surface area (TPSA) is 63.2 Å². The fourth-order valence-electron chi connectivity index (χ4n) is 2.84. The van der Waals surface area contributed by atoms with Gasteiger partial charge in [0.05, 0.1) is 6.67 Å². The van der Waals surface area contributed by atoms with Crippen molar-refractivity contribution in [1.29, 1.82) is 0 Å². The van der Waals surface area contributed by atoms with Crippen LogP contribution in [0.5, 0.6) is 0 Å². The van der Waals surface area contributed by atoms with Crippen LogP contribution in [0.1, 0.15) is 0 Å². The van der Waals surface area contributed by atoms with E-state index in [9.17, 15) is 0 Å². The van der Waals surface area contributed by atoms with Crippen LogP contribution in [0.2, 0.25) is 0 Å². The van der Waals surface area contributed by atoms with Gasteiger partial charge in [0.15, 0.2) is 0 Å². The number of rotatable bonds is 4. The van der Waals surface area contributed by atoms with Crippen molar-refractivity contribution in [3.8, 4) is 11.5 Å². The Morgan fingerprint density at radius 3 is 2.42 bits per heavy atom. The molecule has 0 unspecified atom stereocenters. The van der Waals surface area contributed by atoms with E-state index < -0.39 is 0 Å². The van der Waals surface area contributed by atoms with Crippen molar-refractivity contribution in [2.45, 2.75) is 6.67 Å². The van der Waals surface area contributed by atoms with Crippen molar-refractivity contribution in [3.63, 3.8) is 0 Å². The summed E-state index contributed by atoms with van der Waals surface area (Å²) in [5, 5.41) is 4.53. The molecule has 1 fully saturated rings. The number of hydrogen-bond acceptors (Lipinski definition) is 7. The summed E-state index contributed by atoms with van der Waals surface area (Å²) in [5.74, 6) is 1.32. The lowest BCUT2D eigenvalue weighted by Gasteiger charge is -2.34. The molecule has 0 spiro atoms. The summed E-state index contributed by atoms with van der Waals surface area (Å²) >= 11 is 8.76. The smallest absolute Gasteiger partial charge is 0.288 e. The van der Waals surface area contributed by atoms with Gasteiger partial charge in [-0.3, -0.25) is 4.90 Å². The number of benzene rings is 1. The largest absolute Gasteiger partial charge is 0.409 e. The lowest BCUT2D eigenvalue weighted by Crippen LogP contribution is -2.47. The van der Waals surface area contributed by atoms with E-state index in [1.165, 1.54) is 0 Å². The number of halogens is 1. The molecule has 9 heteroatoms. The minimum absolute atomic E-state index is 0.386. The first-order valence-corrected chi connectivity index (χ1v) is 9.47. The summed E-state index contributed by atoms with van der Waals surface area (Å²) in [6.07, 6.45) is 3.54. The van der Waals surface area contributed by atoms with E-state index in [0.717, 1.165) is 42.2 Å². The van der Waals surface area contributed by atoms with Gasteiger partial charge in [-0.2, -0.15) is 0 Å². The van der Waals surface area contributed by atoms with Gasteiger partial charge in [-0.05, 0) is 42.5 Å². The molecule has 1 saturated heterocycles. The van der Waals surface area contributed by atoms with Crippen LogP contribution in [0, 0.1) is 4.84 Å². The number of aromatic nitrogens is 4. The molecule has 3 heterocycles. The van der Waals surface area contributed by atoms with Gasteiger partial charge in [-0.15, -0.1) is 5.10 Å². The zero-order valence-electron chi connectivity index (χ0n) is 14.0. The van der Waals surface area contributed by atoms with Gasteiger partial charge in [0.25, 0.3) is 4.84 Å². The highest BCUT2D eigenvalue weighted by atomic mass is 79.9. The molecular weight excluding hydrogens is 416 g/mol. The van der Waals surface area contributed by atoms with Crippen LogP contribution < -0.4 is 4.90 Å². The highest BCUT2D eigenvalue weighted by Crippen LogP contribution is 2.21. The molecule has 26 heavy (non-hydrogen) atoms. The Morgan fingerprint density at radius 1 is 1.04 bits per heavy atom. The molecule has 7 nitrogen and oxygen atoms in total. The highest BCUT2D eigenvalue weighted by molar-refractivity contribution is 9.10. The lowest BCUT2D eigenvalue weighted by molar-refractivity contribution is 0.191. The summed E-state index contributed by atoms with van der Waals surface area (Å²) in [5.41, 5.74) is 0.907. The first-order valence-electron chi connectivity index (χ1n) is 8.27. The SMILES string of the molecule is S=c1oc(-c2ccc(Br)cc2)nn1CN1CCN(c2ncccn2)CC1. The monoisotopic (exact) mass is 432 g/mol. The van der Waals surface area contributed by atoms with E-state index in [1.54, 1.807) is 17.1 Å². The summed E-state index contributed by atoms with van der Waals surface area (Å²) in [6, 6.07) is 9.64. The Balaban J connectivity index is 1.41. The zero-order chi connectivity index (χ0) is 17.9. The van der Waals surface area contributed by atoms with Crippen molar-refractivity contribution in [1.82, 2.24) is 24.6 Å². The number of hydrogen-bond donors (Lipinski definition) is 0. The summed E-state index contributed by atoms with van der Waals surface area (Å²) in [7, 11) is 0. The van der Waals surface area contributed by atoms with E-state index >= 15 is 0 Å². The fourth-order valence-corrected chi connectivity index (χ4v) is 3.28. The third-order valence-electron chi connectivity index (χ3n) is 4.24. The molecule has 1 aliphatic rings. The van der Waals surface area contributed by atoms with Crippen molar-refractivity contribution >= 4 is 34.1 Å². The molecule has 0 N–H and O–H groups in total. The molecule has 1 aliphatic heterocycles. The van der Waals surface area contributed by atoms with Crippen LogP contribution in [0.15, 0.2) is 51.6 Å². The van der Waals surface area contributed by atoms with Crippen molar-refractivity contribution < 1.29 is 4.42 Å². The van der Waals surface area contributed by atoms with E-state index in [2.05, 4.69) is 40.8 Å². The van der Waals surface area contributed by atoms with Crippen LogP contribution in [0.3, 0.4) is 0 Å². The van der Waals surface area contributed by atoms with Crippen LogP contribution in [0.4, 0.5) is 5.95 Å². The van der Waals surface area contributed by atoms with E-state index in [4.69, 9.17) is 16.6 Å². The van der Waals surface area contributed by atoms with Crippen LogP contribution in [-0.4, -0.2) is 50.8 Å². The van der Waals surface area contributed by atoms with E-state index in [1.807, 2.05) is 30.3 Å². The second-order valence-electron chi connectivity index (χ2n) is 5.97. The second-order valence-corrected chi connectivity index (χ2v) is 7.24. The van der Waals surface area contributed by atoms with Crippen LogP contribution in [0.25, 0.3) is 11.5 Å². The maximum atomic E-state index is 5.67. The molecule has 4 rings (SSSR count). The molecule has 2 aromatic heterocycles. The highest BCUT2D eigenvalue weighted by Gasteiger charge is 2.20. The summed E-state index contributed by atoms with van der Waals surface area (Å²) < 4.78 is 8.42. The number of anilines is 1. The van der Waals surface area contributed by atoms with E-state index in [0.29, 0.717) is 17.4 Å². The first-order chi connectivity index (χ1) is 12.7. The lowest BCUT2D eigenvalue weighted by atomic mass is 10.2. The third kappa shape index (κ3) is 3.84. The molecule has 3 aromatic rings. The summed E-state index contributed by atoms with van der Waals surface area (Å²) in [6.45, 7) is 4.13. The van der Waals surface area contributed by atoms with Crippen molar-refractivity contribution in [2.75, 3.05) is 31.1 Å². The third-order valence-corrected chi connectivity index (χ3v) is 5.06. The van der Waals surface area contributed by atoms with Gasteiger partial charge in [0.1, 0.15) is 0 Å². The average molecular weight is 433 g/mol. The van der Waals surface area contributed by atoms with Crippen molar-refractivity contribution in [2.24, 2.45) is 0 Å². The van der Waals surface area contributed by atoms with Crippen LogP contribution >= 0.6 is 28.1 Å². The quantitative estimate of drug-likeness (QED) is 0.586. The van der Waals surface area contributed by atoms with Gasteiger partial charge in [0, 0.05) is 48.6 Å². The first kappa shape index (κ1) is 17.3. The van der Waals surface area contributed by atoms with Crippen LogP contribution in [-0.2, 0) is 6.67 Å². The Morgan fingerprint density at radius 2 is 1.73 bits per heavy atom. The minimum atomic E-state index is 0.386. The maximum absolute atomic E-state index is 5.67. The predicted octanol–water partition coefficient (Wildman–Crippen LogP) is 3.20. The Hall–Kier alpha value is -2.10. The maximum Gasteiger partial charge on any atom is 0.288 e. The molecular formula is C17H17BrN6OS.